The number of rotatable bonds is 1. The number of hydrogen-bond acceptors (Lipinski definition) is 3. The highest BCUT2D eigenvalue weighted by Gasteiger charge is 2.25. The molecular weight excluding hydrogens is 266 g/mol. The molecule has 5 heteroatoms. The Morgan fingerprint density at radius 3 is 2.21 bits per heavy atom. The predicted molar refractivity (Wildman–Crippen MR) is 70.9 cm³/mol. The van der Waals surface area contributed by atoms with E-state index in [0.29, 0.717) is 10.6 Å². The number of thiazole rings is 1. The zero-order valence-electron chi connectivity index (χ0n) is 10.8. The van der Waals surface area contributed by atoms with E-state index in [1.54, 1.807) is 0 Å². The van der Waals surface area contributed by atoms with Crippen molar-refractivity contribution in [1.82, 2.24) is 4.98 Å². The van der Waals surface area contributed by atoms with Crippen LogP contribution in [0.25, 0.3) is 10.6 Å². The summed E-state index contributed by atoms with van der Waals surface area (Å²) in [5.41, 5.74) is 0.0545. The van der Waals surface area contributed by atoms with Crippen LogP contribution < -0.4 is 0 Å². The van der Waals surface area contributed by atoms with E-state index >= 15 is 0 Å². The van der Waals surface area contributed by atoms with Crippen molar-refractivity contribution >= 4 is 11.3 Å². The molecule has 0 N–H and O–H groups in total. The topological polar surface area (TPSA) is 36.7 Å². The Bertz CT molecular complexity index is 643. The molecular formula is C14H12F2N2S. The third kappa shape index (κ3) is 2.49. The molecule has 0 unspecified atom stereocenters. The first-order valence-corrected chi connectivity index (χ1v) is 6.52. The maximum Gasteiger partial charge on any atom is 0.136 e. The first-order valence-electron chi connectivity index (χ1n) is 5.70. The lowest BCUT2D eigenvalue weighted by Gasteiger charge is -2.15. The molecule has 0 spiro atoms. The van der Waals surface area contributed by atoms with Crippen molar-refractivity contribution in [3.05, 3.63) is 40.4 Å². The minimum absolute atomic E-state index is 0.167. The summed E-state index contributed by atoms with van der Waals surface area (Å²) < 4.78 is 27.4. The summed E-state index contributed by atoms with van der Waals surface area (Å²) in [4.78, 5) is 4.65. The van der Waals surface area contributed by atoms with E-state index in [9.17, 15) is 8.78 Å². The molecule has 98 valence electrons. The average Bonchev–Trinajstić information content (AvgIpc) is 2.72. The molecule has 2 aromatic rings. The highest BCUT2D eigenvalue weighted by molar-refractivity contribution is 7.15. The van der Waals surface area contributed by atoms with Gasteiger partial charge in [0.25, 0.3) is 0 Å². The average molecular weight is 278 g/mol. The van der Waals surface area contributed by atoms with Crippen molar-refractivity contribution in [1.29, 1.82) is 5.26 Å². The molecule has 1 aromatic carbocycles. The van der Waals surface area contributed by atoms with E-state index in [1.165, 1.54) is 18.2 Å². The Morgan fingerprint density at radius 2 is 1.79 bits per heavy atom. The van der Waals surface area contributed by atoms with E-state index in [2.05, 4.69) is 4.98 Å². The number of halogens is 2. The summed E-state index contributed by atoms with van der Waals surface area (Å²) in [6.07, 6.45) is 0. The van der Waals surface area contributed by atoms with Crippen LogP contribution in [-0.4, -0.2) is 4.98 Å². The number of benzene rings is 1. The largest absolute Gasteiger partial charge is 0.239 e. The number of aromatic nitrogens is 1. The van der Waals surface area contributed by atoms with Gasteiger partial charge in [0.1, 0.15) is 27.6 Å². The van der Waals surface area contributed by atoms with Gasteiger partial charge in [0, 0.05) is 5.41 Å². The Kier molecular flexibility index (Phi) is 3.38. The molecule has 2 rings (SSSR count). The molecule has 1 heterocycles. The fraction of sp³-hybridized carbons (Fsp3) is 0.286. The molecule has 1 aromatic heterocycles. The highest BCUT2D eigenvalue weighted by atomic mass is 32.1. The van der Waals surface area contributed by atoms with Crippen molar-refractivity contribution < 1.29 is 8.78 Å². The van der Waals surface area contributed by atoms with Crippen LogP contribution in [0.5, 0.6) is 0 Å². The summed E-state index contributed by atoms with van der Waals surface area (Å²) in [5.74, 6) is -1.34. The van der Waals surface area contributed by atoms with Crippen LogP contribution in [0.3, 0.4) is 0 Å². The third-order valence-corrected chi connectivity index (χ3v) is 3.59. The molecule has 0 radical (unpaired) electrons. The summed E-state index contributed by atoms with van der Waals surface area (Å²) in [6.45, 7) is 5.72. The molecule has 0 saturated heterocycles. The van der Waals surface area contributed by atoms with Gasteiger partial charge >= 0.3 is 0 Å². The predicted octanol–water partition coefficient (Wildman–Crippen LogP) is 4.26. The number of nitriles is 1. The molecule has 0 bridgehead atoms. The summed E-state index contributed by atoms with van der Waals surface area (Å²) >= 11 is 1.02. The minimum Gasteiger partial charge on any atom is -0.239 e. The van der Waals surface area contributed by atoms with Gasteiger partial charge in [-0.15, -0.1) is 11.3 Å². The van der Waals surface area contributed by atoms with Crippen molar-refractivity contribution in [2.45, 2.75) is 26.2 Å². The monoisotopic (exact) mass is 278 g/mol. The summed E-state index contributed by atoms with van der Waals surface area (Å²) in [7, 11) is 0. The van der Waals surface area contributed by atoms with Crippen molar-refractivity contribution in [2.75, 3.05) is 0 Å². The smallest absolute Gasteiger partial charge is 0.136 e. The molecule has 19 heavy (non-hydrogen) atoms. The van der Waals surface area contributed by atoms with Gasteiger partial charge in [-0.3, -0.25) is 0 Å². The normalized spacial score (nSPS) is 11.4. The summed E-state index contributed by atoms with van der Waals surface area (Å²) in [5, 5.41) is 9.32. The van der Waals surface area contributed by atoms with Crippen LogP contribution in [0, 0.1) is 23.0 Å². The van der Waals surface area contributed by atoms with Gasteiger partial charge in [-0.1, -0.05) is 26.8 Å². The van der Waals surface area contributed by atoms with Crippen LogP contribution >= 0.6 is 11.3 Å². The first-order chi connectivity index (χ1) is 8.84. The molecule has 0 saturated carbocycles. The van der Waals surface area contributed by atoms with Crippen molar-refractivity contribution in [2.24, 2.45) is 0 Å². The second-order valence-electron chi connectivity index (χ2n) is 5.16. The minimum atomic E-state index is -0.668. The quantitative estimate of drug-likeness (QED) is 0.781. The molecule has 0 aliphatic carbocycles. The van der Waals surface area contributed by atoms with Gasteiger partial charge in [0.15, 0.2) is 0 Å². The van der Waals surface area contributed by atoms with E-state index in [-0.39, 0.29) is 16.0 Å². The van der Waals surface area contributed by atoms with E-state index in [4.69, 9.17) is 5.26 Å². The van der Waals surface area contributed by atoms with Gasteiger partial charge in [0.05, 0.1) is 11.3 Å². The molecule has 0 fully saturated rings. The number of hydrogen-bond donors (Lipinski definition) is 0. The Morgan fingerprint density at radius 1 is 1.21 bits per heavy atom. The molecule has 0 atom stereocenters. The van der Waals surface area contributed by atoms with Crippen LogP contribution in [0.15, 0.2) is 18.2 Å². The fourth-order valence-corrected chi connectivity index (χ4v) is 2.83. The van der Waals surface area contributed by atoms with E-state index < -0.39 is 11.6 Å². The lowest BCUT2D eigenvalue weighted by Crippen LogP contribution is -2.13. The molecule has 2 nitrogen and oxygen atoms in total. The van der Waals surface area contributed by atoms with Gasteiger partial charge in [-0.05, 0) is 12.1 Å². The van der Waals surface area contributed by atoms with Gasteiger partial charge < -0.3 is 0 Å². The van der Waals surface area contributed by atoms with Crippen LogP contribution in [0.2, 0.25) is 0 Å². The van der Waals surface area contributed by atoms with Crippen molar-refractivity contribution in [3.63, 3.8) is 0 Å². The number of nitrogens with zero attached hydrogens (tertiary/aromatic N) is 2. The zero-order valence-corrected chi connectivity index (χ0v) is 11.6. The van der Waals surface area contributed by atoms with Crippen LogP contribution in [0.1, 0.15) is 31.3 Å². The van der Waals surface area contributed by atoms with Gasteiger partial charge in [-0.25, -0.2) is 13.8 Å². The van der Waals surface area contributed by atoms with Gasteiger partial charge in [0.2, 0.25) is 0 Å². The lowest BCUT2D eigenvalue weighted by atomic mass is 9.91. The maximum absolute atomic E-state index is 13.7. The zero-order chi connectivity index (χ0) is 14.2. The first kappa shape index (κ1) is 13.6. The molecule has 0 amide bonds. The Hall–Kier alpha value is -1.80. The fourth-order valence-electron chi connectivity index (χ4n) is 1.71. The molecule has 0 aliphatic rings. The Balaban J connectivity index is 2.66. The van der Waals surface area contributed by atoms with Crippen molar-refractivity contribution in [3.8, 4) is 16.6 Å². The van der Waals surface area contributed by atoms with Gasteiger partial charge in [-0.2, -0.15) is 5.26 Å². The standard InChI is InChI=1S/C14H12F2N2S/c1-14(2,3)12-10(7-17)19-13(18-12)11-8(15)5-4-6-9(11)16/h4-6H,1-3H3. The second-order valence-corrected chi connectivity index (χ2v) is 6.15. The SMILES string of the molecule is CC(C)(C)c1nc(-c2c(F)cccc2F)sc1C#N. The lowest BCUT2D eigenvalue weighted by molar-refractivity contribution is 0.569. The maximum atomic E-state index is 13.7. The summed E-state index contributed by atoms with van der Waals surface area (Å²) in [6, 6.07) is 5.71. The Labute approximate surface area is 114 Å². The molecule has 0 aliphatic heterocycles. The van der Waals surface area contributed by atoms with Crippen LogP contribution in [0.4, 0.5) is 8.78 Å². The van der Waals surface area contributed by atoms with E-state index in [1.807, 2.05) is 26.8 Å². The van der Waals surface area contributed by atoms with Crippen LogP contribution in [-0.2, 0) is 5.41 Å². The highest BCUT2D eigenvalue weighted by Crippen LogP contribution is 2.35. The third-order valence-electron chi connectivity index (χ3n) is 2.62. The van der Waals surface area contributed by atoms with E-state index in [0.717, 1.165) is 11.3 Å². The second kappa shape index (κ2) is 4.71.